The largest absolute Gasteiger partial charge is 0.337 e. The average molecular weight is 272 g/mol. The highest BCUT2D eigenvalue weighted by Crippen LogP contribution is 2.13. The van der Waals surface area contributed by atoms with Crippen molar-refractivity contribution in [1.29, 1.82) is 0 Å². The average Bonchev–Trinajstić information content (AvgIpc) is 2.63. The van der Waals surface area contributed by atoms with E-state index in [-0.39, 0.29) is 5.91 Å². The predicted octanol–water partition coefficient (Wildman–Crippen LogP) is 2.64. The van der Waals surface area contributed by atoms with Crippen LogP contribution in [0.4, 0.5) is 0 Å². The van der Waals surface area contributed by atoms with E-state index >= 15 is 0 Å². The van der Waals surface area contributed by atoms with Crippen LogP contribution in [0.1, 0.15) is 27.9 Å². The molecule has 1 aliphatic rings. The summed E-state index contributed by atoms with van der Waals surface area (Å²) < 4.78 is 0. The Morgan fingerprint density at radius 2 is 1.85 bits per heavy atom. The zero-order valence-corrected chi connectivity index (χ0v) is 12.6. The van der Waals surface area contributed by atoms with Crippen molar-refractivity contribution in [2.24, 2.45) is 0 Å². The predicted molar refractivity (Wildman–Crippen MR) is 83.1 cm³/mol. The number of carbonyl (C=O) groups is 1. The van der Waals surface area contributed by atoms with Crippen molar-refractivity contribution in [1.82, 2.24) is 9.80 Å². The molecule has 1 fully saturated rings. The summed E-state index contributed by atoms with van der Waals surface area (Å²) >= 11 is 0. The van der Waals surface area contributed by atoms with E-state index in [1.807, 2.05) is 37.0 Å². The van der Waals surface area contributed by atoms with Crippen molar-refractivity contribution in [3.8, 4) is 0 Å². The standard InChI is InChI=1S/C17H24N2O/c1-4-6-18-7-5-8-19(10-9-18)17(20)16-12-14(2)11-15(3)13-16/h4,11-13H,1,5-10H2,2-3H3. The summed E-state index contributed by atoms with van der Waals surface area (Å²) in [5.74, 6) is 0.164. The van der Waals surface area contributed by atoms with Crippen LogP contribution >= 0.6 is 0 Å². The number of hydrogen-bond donors (Lipinski definition) is 0. The van der Waals surface area contributed by atoms with Crippen molar-refractivity contribution in [2.75, 3.05) is 32.7 Å². The lowest BCUT2D eigenvalue weighted by molar-refractivity contribution is 0.0762. The van der Waals surface area contributed by atoms with E-state index in [4.69, 9.17) is 0 Å². The first-order valence-electron chi connectivity index (χ1n) is 7.31. The van der Waals surface area contributed by atoms with Gasteiger partial charge in [0.25, 0.3) is 5.91 Å². The molecule has 108 valence electrons. The zero-order chi connectivity index (χ0) is 14.5. The molecular formula is C17H24N2O. The second kappa shape index (κ2) is 6.71. The molecule has 0 saturated carbocycles. The van der Waals surface area contributed by atoms with Crippen molar-refractivity contribution in [3.05, 3.63) is 47.5 Å². The van der Waals surface area contributed by atoms with Crippen LogP contribution in [0, 0.1) is 13.8 Å². The van der Waals surface area contributed by atoms with E-state index in [1.54, 1.807) is 0 Å². The maximum atomic E-state index is 12.6. The van der Waals surface area contributed by atoms with Gasteiger partial charge < -0.3 is 4.90 Å². The van der Waals surface area contributed by atoms with Gasteiger partial charge in [0.15, 0.2) is 0 Å². The molecule has 0 aliphatic carbocycles. The monoisotopic (exact) mass is 272 g/mol. The van der Waals surface area contributed by atoms with Crippen LogP contribution in [-0.4, -0.2) is 48.4 Å². The molecule has 1 aliphatic heterocycles. The highest BCUT2D eigenvalue weighted by Gasteiger charge is 2.20. The second-order valence-electron chi connectivity index (χ2n) is 5.61. The Bertz CT molecular complexity index is 476. The number of hydrogen-bond acceptors (Lipinski definition) is 2. The molecule has 0 N–H and O–H groups in total. The Balaban J connectivity index is 2.07. The van der Waals surface area contributed by atoms with Crippen LogP contribution in [0.5, 0.6) is 0 Å². The molecule has 0 bridgehead atoms. The van der Waals surface area contributed by atoms with Gasteiger partial charge >= 0.3 is 0 Å². The summed E-state index contributed by atoms with van der Waals surface area (Å²) in [6.07, 6.45) is 2.96. The Morgan fingerprint density at radius 3 is 2.50 bits per heavy atom. The Morgan fingerprint density at radius 1 is 1.15 bits per heavy atom. The smallest absolute Gasteiger partial charge is 0.253 e. The molecule has 0 unspecified atom stereocenters. The Kier molecular flexibility index (Phi) is 4.96. The lowest BCUT2D eigenvalue weighted by Gasteiger charge is -2.21. The fourth-order valence-corrected chi connectivity index (χ4v) is 2.82. The molecule has 20 heavy (non-hydrogen) atoms. The van der Waals surface area contributed by atoms with E-state index < -0.39 is 0 Å². The summed E-state index contributed by atoms with van der Waals surface area (Å²) in [6, 6.07) is 6.08. The minimum absolute atomic E-state index is 0.164. The summed E-state index contributed by atoms with van der Waals surface area (Å²) in [6.45, 7) is 12.4. The molecule has 1 saturated heterocycles. The van der Waals surface area contributed by atoms with Gasteiger partial charge in [-0.2, -0.15) is 0 Å². The highest BCUT2D eigenvalue weighted by atomic mass is 16.2. The van der Waals surface area contributed by atoms with Gasteiger partial charge in [-0.3, -0.25) is 9.69 Å². The molecule has 1 amide bonds. The summed E-state index contributed by atoms with van der Waals surface area (Å²) in [5.41, 5.74) is 3.12. The molecule has 1 aromatic carbocycles. The Labute approximate surface area is 121 Å². The summed E-state index contributed by atoms with van der Waals surface area (Å²) in [4.78, 5) is 16.9. The molecule has 3 nitrogen and oxygen atoms in total. The molecule has 0 aromatic heterocycles. The van der Waals surface area contributed by atoms with Gasteiger partial charge in [0, 0.05) is 38.3 Å². The van der Waals surface area contributed by atoms with Gasteiger partial charge in [-0.25, -0.2) is 0 Å². The molecule has 0 atom stereocenters. The molecule has 2 rings (SSSR count). The van der Waals surface area contributed by atoms with E-state index in [9.17, 15) is 4.79 Å². The highest BCUT2D eigenvalue weighted by molar-refractivity contribution is 5.94. The van der Waals surface area contributed by atoms with E-state index in [2.05, 4.69) is 17.5 Å². The van der Waals surface area contributed by atoms with Crippen LogP contribution in [0.15, 0.2) is 30.9 Å². The van der Waals surface area contributed by atoms with Crippen LogP contribution in [0.2, 0.25) is 0 Å². The number of amides is 1. The van der Waals surface area contributed by atoms with Crippen LogP contribution < -0.4 is 0 Å². The molecule has 0 spiro atoms. The minimum Gasteiger partial charge on any atom is -0.337 e. The molecular weight excluding hydrogens is 248 g/mol. The number of carbonyl (C=O) groups excluding carboxylic acids is 1. The molecule has 3 heteroatoms. The second-order valence-corrected chi connectivity index (χ2v) is 5.61. The maximum Gasteiger partial charge on any atom is 0.253 e. The van der Waals surface area contributed by atoms with Gasteiger partial charge in [-0.1, -0.05) is 23.3 Å². The minimum atomic E-state index is 0.164. The SMILES string of the molecule is C=CCN1CCCN(C(=O)c2cc(C)cc(C)c2)CC1. The number of aryl methyl sites for hydroxylation is 2. The summed E-state index contributed by atoms with van der Waals surface area (Å²) in [5, 5.41) is 0. The maximum absolute atomic E-state index is 12.6. The van der Waals surface area contributed by atoms with Crippen LogP contribution in [0.25, 0.3) is 0 Å². The third kappa shape index (κ3) is 3.70. The summed E-state index contributed by atoms with van der Waals surface area (Å²) in [7, 11) is 0. The Hall–Kier alpha value is -1.61. The van der Waals surface area contributed by atoms with Gasteiger partial charge in [0.05, 0.1) is 0 Å². The number of rotatable bonds is 3. The topological polar surface area (TPSA) is 23.6 Å². The molecule has 0 radical (unpaired) electrons. The fourth-order valence-electron chi connectivity index (χ4n) is 2.82. The zero-order valence-electron chi connectivity index (χ0n) is 12.6. The quantitative estimate of drug-likeness (QED) is 0.790. The molecule has 1 heterocycles. The van der Waals surface area contributed by atoms with Gasteiger partial charge in [0.1, 0.15) is 0 Å². The normalized spacial score (nSPS) is 16.8. The molecule has 1 aromatic rings. The van der Waals surface area contributed by atoms with Gasteiger partial charge in [0.2, 0.25) is 0 Å². The number of nitrogens with zero attached hydrogens (tertiary/aromatic N) is 2. The van der Waals surface area contributed by atoms with Gasteiger partial charge in [-0.05, 0) is 32.4 Å². The van der Waals surface area contributed by atoms with Crippen molar-refractivity contribution >= 4 is 5.91 Å². The van der Waals surface area contributed by atoms with Crippen LogP contribution in [-0.2, 0) is 0 Å². The lowest BCUT2D eigenvalue weighted by Crippen LogP contribution is -2.35. The van der Waals surface area contributed by atoms with E-state index in [1.165, 1.54) is 0 Å². The number of benzene rings is 1. The lowest BCUT2D eigenvalue weighted by atomic mass is 10.1. The van der Waals surface area contributed by atoms with Crippen LogP contribution in [0.3, 0.4) is 0 Å². The van der Waals surface area contributed by atoms with Crippen molar-refractivity contribution in [2.45, 2.75) is 20.3 Å². The van der Waals surface area contributed by atoms with Crippen molar-refractivity contribution < 1.29 is 4.79 Å². The van der Waals surface area contributed by atoms with Crippen molar-refractivity contribution in [3.63, 3.8) is 0 Å². The van der Waals surface area contributed by atoms with Gasteiger partial charge in [-0.15, -0.1) is 6.58 Å². The first kappa shape index (κ1) is 14.8. The first-order chi connectivity index (χ1) is 9.60. The third-order valence-corrected chi connectivity index (χ3v) is 3.73. The fraction of sp³-hybridized carbons (Fsp3) is 0.471. The van der Waals surface area contributed by atoms with E-state index in [0.29, 0.717) is 0 Å². The van der Waals surface area contributed by atoms with E-state index in [0.717, 1.165) is 55.8 Å². The first-order valence-corrected chi connectivity index (χ1v) is 7.31. The third-order valence-electron chi connectivity index (χ3n) is 3.73.